The molecular weight excluding hydrogens is 232 g/mol. The molecule has 2 aromatic rings. The summed E-state index contributed by atoms with van der Waals surface area (Å²) in [5, 5.41) is 11.9. The molecule has 0 saturated carbocycles. The van der Waals surface area contributed by atoms with Gasteiger partial charge in [-0.1, -0.05) is 0 Å². The summed E-state index contributed by atoms with van der Waals surface area (Å²) in [6, 6.07) is 5.85. The molecule has 0 aromatic carbocycles. The highest BCUT2D eigenvalue weighted by Gasteiger charge is 2.12. The summed E-state index contributed by atoms with van der Waals surface area (Å²) in [5.41, 5.74) is 0. The Kier molecular flexibility index (Phi) is 2.78. The molecule has 2 aromatic heterocycles. The molecule has 5 nitrogen and oxygen atoms in total. The molecule has 2 heterocycles. The van der Waals surface area contributed by atoms with Crippen LogP contribution in [0.2, 0.25) is 5.22 Å². The zero-order valence-corrected chi connectivity index (χ0v) is 8.73. The fourth-order valence-electron chi connectivity index (χ4n) is 1.10. The third-order valence-electron chi connectivity index (χ3n) is 1.82. The third kappa shape index (κ3) is 2.14. The molecule has 0 saturated heterocycles. The number of furan rings is 1. The Morgan fingerprint density at radius 1 is 1.44 bits per heavy atom. The number of aromatic nitrogens is 1. The van der Waals surface area contributed by atoms with E-state index in [0.717, 1.165) is 0 Å². The lowest BCUT2D eigenvalue weighted by Gasteiger charge is -2.03. The van der Waals surface area contributed by atoms with Crippen molar-refractivity contribution < 1.29 is 14.3 Å². The fourth-order valence-corrected chi connectivity index (χ4v) is 1.24. The smallest absolute Gasteiger partial charge is 0.292 e. The monoisotopic (exact) mass is 238 g/mol. The average molecular weight is 239 g/mol. The van der Waals surface area contributed by atoms with Crippen molar-refractivity contribution in [1.29, 1.82) is 0 Å². The summed E-state index contributed by atoms with van der Waals surface area (Å²) in [6.45, 7) is 0. The first kappa shape index (κ1) is 10.5. The Morgan fingerprint density at radius 2 is 2.25 bits per heavy atom. The number of halogens is 1. The quantitative estimate of drug-likeness (QED) is 0.842. The van der Waals surface area contributed by atoms with Crippen LogP contribution in [0.5, 0.6) is 5.75 Å². The Hall–Kier alpha value is -2.01. The number of carbonyl (C=O) groups is 1. The second-order valence-electron chi connectivity index (χ2n) is 2.93. The van der Waals surface area contributed by atoms with E-state index in [1.54, 1.807) is 6.07 Å². The van der Waals surface area contributed by atoms with Crippen LogP contribution in [0.4, 0.5) is 5.82 Å². The predicted molar refractivity (Wildman–Crippen MR) is 57.6 cm³/mol. The molecule has 0 radical (unpaired) electrons. The Bertz CT molecular complexity index is 524. The van der Waals surface area contributed by atoms with E-state index >= 15 is 0 Å². The van der Waals surface area contributed by atoms with Gasteiger partial charge in [0.2, 0.25) is 0 Å². The van der Waals surface area contributed by atoms with E-state index in [0.29, 0.717) is 0 Å². The predicted octanol–water partition coefficient (Wildman–Crippen LogP) is 2.29. The van der Waals surface area contributed by atoms with Crippen LogP contribution in [0.3, 0.4) is 0 Å². The summed E-state index contributed by atoms with van der Waals surface area (Å²) in [4.78, 5) is 15.4. The lowest BCUT2D eigenvalue weighted by Crippen LogP contribution is -2.11. The number of pyridine rings is 1. The molecule has 0 fully saturated rings. The number of amides is 1. The molecule has 0 bridgehead atoms. The van der Waals surface area contributed by atoms with Crippen LogP contribution in [0.25, 0.3) is 0 Å². The van der Waals surface area contributed by atoms with Gasteiger partial charge in [0, 0.05) is 6.20 Å². The van der Waals surface area contributed by atoms with Crippen LogP contribution < -0.4 is 5.32 Å². The van der Waals surface area contributed by atoms with Crippen molar-refractivity contribution in [2.24, 2.45) is 0 Å². The van der Waals surface area contributed by atoms with E-state index in [9.17, 15) is 9.90 Å². The first-order valence-corrected chi connectivity index (χ1v) is 4.75. The van der Waals surface area contributed by atoms with Crippen molar-refractivity contribution in [1.82, 2.24) is 4.98 Å². The van der Waals surface area contributed by atoms with E-state index in [2.05, 4.69) is 10.3 Å². The van der Waals surface area contributed by atoms with Crippen molar-refractivity contribution >= 4 is 23.3 Å². The second kappa shape index (κ2) is 4.24. The zero-order chi connectivity index (χ0) is 11.5. The molecular formula is C10H7ClN2O3. The number of carbonyl (C=O) groups excluding carboxylic acids is 1. The summed E-state index contributed by atoms with van der Waals surface area (Å²) < 4.78 is 4.90. The Morgan fingerprint density at radius 3 is 2.88 bits per heavy atom. The number of nitrogens with zero attached hydrogens (tertiary/aromatic N) is 1. The average Bonchev–Trinajstić information content (AvgIpc) is 2.68. The van der Waals surface area contributed by atoms with Crippen molar-refractivity contribution in [3.05, 3.63) is 41.4 Å². The molecule has 0 unspecified atom stereocenters. The first-order chi connectivity index (χ1) is 7.66. The minimum Gasteiger partial charge on any atom is -0.504 e. The molecule has 0 aliphatic rings. The number of rotatable bonds is 2. The highest BCUT2D eigenvalue weighted by molar-refractivity contribution is 6.29. The number of aromatic hydroxyl groups is 1. The minimum absolute atomic E-state index is 0.0510. The number of anilines is 1. The topological polar surface area (TPSA) is 75.4 Å². The summed E-state index contributed by atoms with van der Waals surface area (Å²) in [7, 11) is 0. The fraction of sp³-hybridized carbons (Fsp3) is 0. The van der Waals surface area contributed by atoms with Gasteiger partial charge in [0.25, 0.3) is 5.91 Å². The van der Waals surface area contributed by atoms with Crippen LogP contribution in [0.1, 0.15) is 10.6 Å². The number of nitrogens with one attached hydrogen (secondary N) is 1. The van der Waals surface area contributed by atoms with Gasteiger partial charge in [-0.05, 0) is 35.9 Å². The number of hydrogen-bond donors (Lipinski definition) is 2. The van der Waals surface area contributed by atoms with Crippen LogP contribution in [0.15, 0.2) is 34.9 Å². The lowest BCUT2D eigenvalue weighted by atomic mass is 10.4. The molecule has 2 N–H and O–H groups in total. The van der Waals surface area contributed by atoms with Gasteiger partial charge in [0.1, 0.15) is 0 Å². The number of hydrogen-bond acceptors (Lipinski definition) is 4. The van der Waals surface area contributed by atoms with Gasteiger partial charge in [-0.25, -0.2) is 4.98 Å². The van der Waals surface area contributed by atoms with E-state index in [-0.39, 0.29) is 22.5 Å². The van der Waals surface area contributed by atoms with Crippen molar-refractivity contribution in [2.75, 3.05) is 5.32 Å². The minimum atomic E-state index is -0.527. The van der Waals surface area contributed by atoms with Crippen LogP contribution in [-0.4, -0.2) is 16.0 Å². The molecule has 0 spiro atoms. The lowest BCUT2D eigenvalue weighted by molar-refractivity contribution is 0.0996. The van der Waals surface area contributed by atoms with Gasteiger partial charge in [-0.15, -0.1) is 0 Å². The van der Waals surface area contributed by atoms with Gasteiger partial charge in [-0.2, -0.15) is 0 Å². The van der Waals surface area contributed by atoms with Gasteiger partial charge < -0.3 is 14.8 Å². The molecule has 1 amide bonds. The van der Waals surface area contributed by atoms with E-state index < -0.39 is 5.91 Å². The summed E-state index contributed by atoms with van der Waals surface area (Å²) in [6.07, 6.45) is 1.45. The van der Waals surface area contributed by atoms with Gasteiger partial charge in [0.15, 0.2) is 22.5 Å². The maximum absolute atomic E-state index is 11.6. The van der Waals surface area contributed by atoms with Crippen LogP contribution >= 0.6 is 11.6 Å². The molecule has 2 rings (SSSR count). The normalized spacial score (nSPS) is 10.1. The third-order valence-corrected chi connectivity index (χ3v) is 2.02. The maximum atomic E-state index is 11.6. The maximum Gasteiger partial charge on any atom is 0.292 e. The zero-order valence-electron chi connectivity index (χ0n) is 7.98. The molecule has 0 aliphatic heterocycles. The van der Waals surface area contributed by atoms with Gasteiger partial charge in [0.05, 0.1) is 0 Å². The second-order valence-corrected chi connectivity index (χ2v) is 3.30. The SMILES string of the molecule is O=C(Nc1ncccc1O)c1ccc(Cl)o1. The van der Waals surface area contributed by atoms with Crippen molar-refractivity contribution in [3.8, 4) is 5.75 Å². The standard InChI is InChI=1S/C10H7ClN2O3/c11-8-4-3-7(16-8)10(15)13-9-6(14)2-1-5-12-9/h1-5,14H,(H,12,13,15). The van der Waals surface area contributed by atoms with E-state index in [1.807, 2.05) is 0 Å². The molecule has 16 heavy (non-hydrogen) atoms. The molecule has 0 aliphatic carbocycles. The van der Waals surface area contributed by atoms with Crippen molar-refractivity contribution in [3.63, 3.8) is 0 Å². The van der Waals surface area contributed by atoms with Crippen LogP contribution in [0, 0.1) is 0 Å². The molecule has 0 atom stereocenters. The van der Waals surface area contributed by atoms with Gasteiger partial charge >= 0.3 is 0 Å². The highest BCUT2D eigenvalue weighted by Crippen LogP contribution is 2.20. The highest BCUT2D eigenvalue weighted by atomic mass is 35.5. The van der Waals surface area contributed by atoms with E-state index in [4.69, 9.17) is 16.0 Å². The first-order valence-electron chi connectivity index (χ1n) is 4.37. The largest absolute Gasteiger partial charge is 0.504 e. The summed E-state index contributed by atoms with van der Waals surface area (Å²) in [5.74, 6) is -0.524. The molecule has 82 valence electrons. The van der Waals surface area contributed by atoms with E-state index in [1.165, 1.54) is 24.4 Å². The van der Waals surface area contributed by atoms with Gasteiger partial charge in [-0.3, -0.25) is 4.79 Å². The molecule has 6 heteroatoms. The van der Waals surface area contributed by atoms with Crippen molar-refractivity contribution in [2.45, 2.75) is 0 Å². The van der Waals surface area contributed by atoms with Crippen LogP contribution in [-0.2, 0) is 0 Å². The Labute approximate surface area is 95.7 Å². The Balaban J connectivity index is 2.17. The summed E-state index contributed by atoms with van der Waals surface area (Å²) >= 11 is 5.53.